The minimum absolute atomic E-state index is 0.0822. The number of aliphatic hydroxyl groups is 3. The molecular formula is C22H20O12. The number of hydrogen-bond acceptors (Lipinski definition) is 11. The number of aliphatic hydroxyl groups excluding tert-OH is 3. The molecule has 1 fully saturated rings. The molecule has 0 aliphatic carbocycles. The summed E-state index contributed by atoms with van der Waals surface area (Å²) in [5.74, 6) is -2.84. The van der Waals surface area contributed by atoms with Crippen molar-refractivity contribution in [2.45, 2.75) is 30.7 Å². The van der Waals surface area contributed by atoms with Gasteiger partial charge in [-0.3, -0.25) is 4.79 Å². The van der Waals surface area contributed by atoms with Crippen LogP contribution >= 0.6 is 0 Å². The topological polar surface area (TPSA) is 196 Å². The first kappa shape index (κ1) is 23.3. The molecule has 1 saturated heterocycles. The number of carboxylic acids is 1. The SMILES string of the molecule is COc1cc(O)c2c(=O)c(O[C@@H]3O[C@H](C(=O)O)[C@@H](O)[C@H](O)[C@H]3O)c(-c3ccc(O)cc3)oc2c1. The third-order valence-electron chi connectivity index (χ3n) is 5.32. The highest BCUT2D eigenvalue weighted by Gasteiger charge is 2.48. The summed E-state index contributed by atoms with van der Waals surface area (Å²) in [6, 6.07) is 7.90. The number of methoxy groups -OCH3 is 1. The van der Waals surface area contributed by atoms with E-state index in [1.54, 1.807) is 0 Å². The van der Waals surface area contributed by atoms with Crippen LogP contribution in [0.25, 0.3) is 22.3 Å². The lowest BCUT2D eigenvalue weighted by Gasteiger charge is -2.38. The lowest BCUT2D eigenvalue weighted by molar-refractivity contribution is -0.271. The number of aromatic hydroxyl groups is 2. The first-order chi connectivity index (χ1) is 16.1. The van der Waals surface area contributed by atoms with Gasteiger partial charge < -0.3 is 49.3 Å². The van der Waals surface area contributed by atoms with Gasteiger partial charge in [-0.05, 0) is 24.3 Å². The summed E-state index contributed by atoms with van der Waals surface area (Å²) in [6.07, 6.45) is -9.75. The van der Waals surface area contributed by atoms with Gasteiger partial charge in [0.15, 0.2) is 11.9 Å². The molecule has 34 heavy (non-hydrogen) atoms. The average molecular weight is 476 g/mol. The van der Waals surface area contributed by atoms with Crippen molar-refractivity contribution in [3.8, 4) is 34.3 Å². The second-order valence-corrected chi connectivity index (χ2v) is 7.51. The molecule has 2 aromatic carbocycles. The third kappa shape index (κ3) is 3.99. The van der Waals surface area contributed by atoms with Crippen LogP contribution in [-0.2, 0) is 9.53 Å². The van der Waals surface area contributed by atoms with Crippen molar-refractivity contribution in [2.75, 3.05) is 7.11 Å². The Morgan fingerprint density at radius 3 is 2.29 bits per heavy atom. The average Bonchev–Trinajstić information content (AvgIpc) is 2.80. The first-order valence-corrected chi connectivity index (χ1v) is 9.88. The van der Waals surface area contributed by atoms with Crippen LogP contribution < -0.4 is 14.9 Å². The lowest BCUT2D eigenvalue weighted by Crippen LogP contribution is -2.61. The Kier molecular flexibility index (Phi) is 6.06. The molecule has 0 saturated carbocycles. The van der Waals surface area contributed by atoms with Gasteiger partial charge in [0.05, 0.1) is 7.11 Å². The highest BCUT2D eigenvalue weighted by atomic mass is 16.7. The molecule has 1 aliphatic heterocycles. The molecule has 0 unspecified atom stereocenters. The van der Waals surface area contributed by atoms with E-state index in [2.05, 4.69) is 0 Å². The highest BCUT2D eigenvalue weighted by molar-refractivity contribution is 5.88. The van der Waals surface area contributed by atoms with Crippen LogP contribution in [0.1, 0.15) is 0 Å². The van der Waals surface area contributed by atoms with E-state index in [1.165, 1.54) is 37.4 Å². The van der Waals surface area contributed by atoms with Gasteiger partial charge >= 0.3 is 5.97 Å². The molecule has 12 heteroatoms. The molecule has 0 radical (unpaired) electrons. The molecule has 1 aliphatic rings. The number of aliphatic carboxylic acids is 1. The van der Waals surface area contributed by atoms with E-state index in [-0.39, 0.29) is 33.8 Å². The first-order valence-electron chi connectivity index (χ1n) is 9.88. The summed E-state index contributed by atoms with van der Waals surface area (Å²) >= 11 is 0. The van der Waals surface area contributed by atoms with Gasteiger partial charge in [-0.1, -0.05) is 0 Å². The number of hydrogen-bond donors (Lipinski definition) is 6. The van der Waals surface area contributed by atoms with Gasteiger partial charge in [0, 0.05) is 17.7 Å². The summed E-state index contributed by atoms with van der Waals surface area (Å²) in [5.41, 5.74) is -0.760. The molecule has 0 amide bonds. The van der Waals surface area contributed by atoms with Gasteiger partial charge in [0.1, 0.15) is 46.5 Å². The Hall–Kier alpha value is -3.84. The molecule has 12 nitrogen and oxygen atoms in total. The molecule has 4 rings (SSSR count). The fourth-order valence-electron chi connectivity index (χ4n) is 3.55. The van der Waals surface area contributed by atoms with Crippen molar-refractivity contribution >= 4 is 16.9 Å². The number of ether oxygens (including phenoxy) is 3. The van der Waals surface area contributed by atoms with E-state index < -0.39 is 53.6 Å². The predicted molar refractivity (Wildman–Crippen MR) is 113 cm³/mol. The number of rotatable bonds is 5. The van der Waals surface area contributed by atoms with E-state index in [1.807, 2.05) is 0 Å². The zero-order valence-corrected chi connectivity index (χ0v) is 17.5. The van der Waals surface area contributed by atoms with Crippen LogP contribution in [0.2, 0.25) is 0 Å². The molecule has 6 N–H and O–H groups in total. The Morgan fingerprint density at radius 2 is 1.68 bits per heavy atom. The molecule has 5 atom stereocenters. The normalized spacial score (nSPS) is 24.6. The Labute approximate surface area is 190 Å². The molecule has 3 aromatic rings. The quantitative estimate of drug-likeness (QED) is 0.292. The summed E-state index contributed by atoms with van der Waals surface area (Å²) in [6.45, 7) is 0. The van der Waals surface area contributed by atoms with Crippen LogP contribution in [-0.4, -0.2) is 74.4 Å². The predicted octanol–water partition coefficient (Wildman–Crippen LogP) is 0.151. The van der Waals surface area contributed by atoms with E-state index in [9.17, 15) is 40.2 Å². The van der Waals surface area contributed by atoms with Crippen molar-refractivity contribution in [3.63, 3.8) is 0 Å². The van der Waals surface area contributed by atoms with Gasteiger partial charge in [0.2, 0.25) is 17.5 Å². The minimum Gasteiger partial charge on any atom is -0.508 e. The van der Waals surface area contributed by atoms with Crippen molar-refractivity contribution < 1.29 is 54.1 Å². The van der Waals surface area contributed by atoms with Crippen LogP contribution in [0.5, 0.6) is 23.0 Å². The molecule has 0 spiro atoms. The van der Waals surface area contributed by atoms with Crippen LogP contribution in [0, 0.1) is 0 Å². The number of phenols is 2. The number of carbonyl (C=O) groups is 1. The second-order valence-electron chi connectivity index (χ2n) is 7.51. The summed E-state index contributed by atoms with van der Waals surface area (Å²) in [4.78, 5) is 24.8. The van der Waals surface area contributed by atoms with Crippen LogP contribution in [0.15, 0.2) is 45.6 Å². The van der Waals surface area contributed by atoms with Gasteiger partial charge in [0.25, 0.3) is 0 Å². The van der Waals surface area contributed by atoms with Gasteiger partial charge in [-0.15, -0.1) is 0 Å². The second kappa shape index (κ2) is 8.83. The van der Waals surface area contributed by atoms with Crippen molar-refractivity contribution in [3.05, 3.63) is 46.6 Å². The van der Waals surface area contributed by atoms with Crippen molar-refractivity contribution in [1.29, 1.82) is 0 Å². The summed E-state index contributed by atoms with van der Waals surface area (Å²) < 4.78 is 21.5. The maximum atomic E-state index is 13.4. The maximum Gasteiger partial charge on any atom is 0.335 e. The zero-order chi connectivity index (χ0) is 24.7. The zero-order valence-electron chi connectivity index (χ0n) is 17.5. The van der Waals surface area contributed by atoms with Gasteiger partial charge in [-0.25, -0.2) is 4.79 Å². The van der Waals surface area contributed by atoms with E-state index in [0.717, 1.165) is 6.07 Å². The number of fused-ring (bicyclic) bond motifs is 1. The smallest absolute Gasteiger partial charge is 0.335 e. The fourth-order valence-corrected chi connectivity index (χ4v) is 3.55. The fraction of sp³-hybridized carbons (Fsp3) is 0.273. The number of carboxylic acid groups (broad SMARTS) is 1. The van der Waals surface area contributed by atoms with Gasteiger partial charge in [-0.2, -0.15) is 0 Å². The monoisotopic (exact) mass is 476 g/mol. The lowest BCUT2D eigenvalue weighted by atomic mass is 9.99. The molecule has 180 valence electrons. The largest absolute Gasteiger partial charge is 0.508 e. The van der Waals surface area contributed by atoms with Crippen LogP contribution in [0.3, 0.4) is 0 Å². The molecular weight excluding hydrogens is 456 g/mol. The van der Waals surface area contributed by atoms with Crippen molar-refractivity contribution in [1.82, 2.24) is 0 Å². The minimum atomic E-state index is -1.97. The van der Waals surface area contributed by atoms with Crippen molar-refractivity contribution in [2.24, 2.45) is 0 Å². The van der Waals surface area contributed by atoms with E-state index >= 15 is 0 Å². The Balaban J connectivity index is 1.90. The standard InChI is InChI=1S/C22H20O12/c1-31-10-6-11(24)13-12(7-10)32-18(8-2-4-9(23)5-3-8)19(14(13)25)33-22-17(28)15(26)16(27)20(34-22)21(29)30/h2-7,15-17,20,22-24,26-28H,1H3,(H,29,30)/t15-,16-,17+,20-,22+/m0/s1. The van der Waals surface area contributed by atoms with E-state index in [0.29, 0.717) is 0 Å². The van der Waals surface area contributed by atoms with E-state index in [4.69, 9.17) is 18.6 Å². The molecule has 2 heterocycles. The highest BCUT2D eigenvalue weighted by Crippen LogP contribution is 2.37. The Morgan fingerprint density at radius 1 is 1.00 bits per heavy atom. The van der Waals surface area contributed by atoms with Crippen LogP contribution in [0.4, 0.5) is 0 Å². The third-order valence-corrected chi connectivity index (χ3v) is 5.32. The molecule has 1 aromatic heterocycles. The summed E-state index contributed by atoms with van der Waals surface area (Å²) in [7, 11) is 1.34. The maximum absolute atomic E-state index is 13.4. The number of phenolic OH excluding ortho intramolecular Hbond substituents is 2. The Bertz CT molecular complexity index is 1280. The summed E-state index contributed by atoms with van der Waals surface area (Å²) in [5, 5.41) is 59.2. The molecule has 0 bridgehead atoms. The number of benzene rings is 2.